The third-order valence-electron chi connectivity index (χ3n) is 6.98. The molecule has 1 atom stereocenters. The fourth-order valence-corrected chi connectivity index (χ4v) is 5.32. The summed E-state index contributed by atoms with van der Waals surface area (Å²) in [4.78, 5) is 38.9. The Hall–Kier alpha value is -5.16. The third kappa shape index (κ3) is 8.72. The van der Waals surface area contributed by atoms with Crippen LogP contribution in [0.15, 0.2) is 71.8 Å². The third-order valence-corrected chi connectivity index (χ3v) is 8.10. The first-order valence-electron chi connectivity index (χ1n) is 14.6. The van der Waals surface area contributed by atoms with E-state index in [4.69, 9.17) is 18.9 Å². The highest BCUT2D eigenvalue weighted by Crippen LogP contribution is 2.33. The maximum Gasteiger partial charge on any atom is 0.341 e. The number of ether oxygens (including phenoxy) is 4. The number of amides is 2. The summed E-state index contributed by atoms with van der Waals surface area (Å²) in [5.41, 5.74) is 6.89. The first-order valence-corrected chi connectivity index (χ1v) is 15.5. The first kappa shape index (κ1) is 33.7. The van der Waals surface area contributed by atoms with Crippen LogP contribution in [0.5, 0.6) is 17.2 Å². The quantitative estimate of drug-likeness (QED) is 0.0955. The van der Waals surface area contributed by atoms with Crippen molar-refractivity contribution in [2.24, 2.45) is 5.10 Å². The summed E-state index contributed by atoms with van der Waals surface area (Å²) in [6, 6.07) is 19.8. The molecule has 4 aromatic rings. The van der Waals surface area contributed by atoms with Crippen molar-refractivity contribution >= 4 is 40.3 Å². The molecule has 0 fully saturated rings. The number of rotatable bonds is 13. The van der Waals surface area contributed by atoms with E-state index in [0.29, 0.717) is 45.5 Å². The molecule has 0 aliphatic heterocycles. The predicted octanol–water partition coefficient (Wildman–Crippen LogP) is 6.61. The topological polar surface area (TPSA) is 125 Å². The summed E-state index contributed by atoms with van der Waals surface area (Å²) in [5, 5.41) is 7.29. The van der Waals surface area contributed by atoms with Gasteiger partial charge in [0, 0.05) is 10.4 Å². The molecule has 0 aliphatic rings. The number of carbonyl (C=O) groups is 3. The van der Waals surface area contributed by atoms with E-state index in [1.165, 1.54) is 23.1 Å². The molecule has 240 valence electrons. The lowest BCUT2D eigenvalue weighted by Gasteiger charge is -2.13. The van der Waals surface area contributed by atoms with Gasteiger partial charge in [-0.1, -0.05) is 29.8 Å². The van der Waals surface area contributed by atoms with Crippen molar-refractivity contribution in [1.82, 2.24) is 5.43 Å². The second-order valence-electron chi connectivity index (χ2n) is 10.4. The average Bonchev–Trinajstić information content (AvgIpc) is 3.33. The number of nitrogens with one attached hydrogen (secondary N) is 2. The molecule has 0 radical (unpaired) electrons. The molecule has 3 aromatic carbocycles. The molecule has 0 saturated carbocycles. The number of aryl methyl sites for hydroxylation is 2. The molecule has 0 spiro atoms. The number of hydrogen-bond donors (Lipinski definition) is 2. The second-order valence-corrected chi connectivity index (χ2v) is 11.6. The highest BCUT2D eigenvalue weighted by Gasteiger charge is 2.22. The molecule has 11 heteroatoms. The van der Waals surface area contributed by atoms with Gasteiger partial charge < -0.3 is 24.3 Å². The molecule has 1 aromatic heterocycles. The summed E-state index contributed by atoms with van der Waals surface area (Å²) < 4.78 is 22.3. The summed E-state index contributed by atoms with van der Waals surface area (Å²) in [6.07, 6.45) is 0.627. The van der Waals surface area contributed by atoms with E-state index in [1.807, 2.05) is 45.0 Å². The van der Waals surface area contributed by atoms with Gasteiger partial charge in [-0.15, -0.1) is 11.3 Å². The maximum atomic E-state index is 12.9. The standard InChI is InChI=1S/C35H37N3O7S/c1-7-43-35(41)31-22(3)24(5)46-34(31)37-33(40)27-13-15-28(16-14-27)45-23(4)32(39)38-36-19-26-12-17-29(30(18-26)42-6)44-20-25-10-8-21(2)9-11-25/h8-19,23H,7,20H2,1-6H3,(H,37,40)(H,38,39). The highest BCUT2D eigenvalue weighted by molar-refractivity contribution is 7.16. The van der Waals surface area contributed by atoms with Gasteiger partial charge >= 0.3 is 5.97 Å². The van der Waals surface area contributed by atoms with Crippen LogP contribution >= 0.6 is 11.3 Å². The number of esters is 1. The number of hydrazone groups is 1. The van der Waals surface area contributed by atoms with E-state index in [0.717, 1.165) is 16.0 Å². The lowest BCUT2D eigenvalue weighted by atomic mass is 10.1. The second kappa shape index (κ2) is 15.7. The Morgan fingerprint density at radius 2 is 1.67 bits per heavy atom. The summed E-state index contributed by atoms with van der Waals surface area (Å²) in [5.74, 6) is 0.198. The number of hydrogen-bond acceptors (Lipinski definition) is 9. The van der Waals surface area contributed by atoms with Crippen molar-refractivity contribution in [1.29, 1.82) is 0 Å². The predicted molar refractivity (Wildman–Crippen MR) is 178 cm³/mol. The number of carbonyl (C=O) groups excluding carboxylic acids is 3. The van der Waals surface area contributed by atoms with Gasteiger partial charge in [-0.2, -0.15) is 5.10 Å². The molecule has 2 N–H and O–H groups in total. The van der Waals surface area contributed by atoms with E-state index < -0.39 is 18.0 Å². The van der Waals surface area contributed by atoms with Crippen LogP contribution in [0.2, 0.25) is 0 Å². The monoisotopic (exact) mass is 643 g/mol. The Labute approximate surface area is 272 Å². The van der Waals surface area contributed by atoms with Gasteiger partial charge in [0.1, 0.15) is 17.4 Å². The average molecular weight is 644 g/mol. The van der Waals surface area contributed by atoms with Crippen LogP contribution in [-0.2, 0) is 16.1 Å². The Kier molecular flexibility index (Phi) is 11.5. The summed E-state index contributed by atoms with van der Waals surface area (Å²) in [7, 11) is 1.56. The van der Waals surface area contributed by atoms with E-state index in [9.17, 15) is 14.4 Å². The normalized spacial score (nSPS) is 11.5. The lowest BCUT2D eigenvalue weighted by molar-refractivity contribution is -0.127. The van der Waals surface area contributed by atoms with E-state index in [2.05, 4.69) is 15.8 Å². The van der Waals surface area contributed by atoms with Crippen molar-refractivity contribution in [2.75, 3.05) is 19.0 Å². The SMILES string of the molecule is CCOC(=O)c1c(NC(=O)c2ccc(OC(C)C(=O)NN=Cc3ccc(OCc4ccc(C)cc4)c(OC)c3)cc2)sc(C)c1C. The number of benzene rings is 3. The van der Waals surface area contributed by atoms with E-state index >= 15 is 0 Å². The zero-order chi connectivity index (χ0) is 33.2. The molecule has 1 heterocycles. The molecule has 10 nitrogen and oxygen atoms in total. The smallest absolute Gasteiger partial charge is 0.341 e. The highest BCUT2D eigenvalue weighted by atomic mass is 32.1. The summed E-state index contributed by atoms with van der Waals surface area (Å²) in [6.45, 7) is 9.69. The number of thiophene rings is 1. The van der Waals surface area contributed by atoms with Crippen molar-refractivity contribution in [3.63, 3.8) is 0 Å². The van der Waals surface area contributed by atoms with Gasteiger partial charge in [0.05, 0.1) is 25.5 Å². The van der Waals surface area contributed by atoms with Crippen molar-refractivity contribution in [3.05, 3.63) is 105 Å². The molecule has 0 bridgehead atoms. The van der Waals surface area contributed by atoms with Gasteiger partial charge in [-0.25, -0.2) is 10.2 Å². The summed E-state index contributed by atoms with van der Waals surface area (Å²) >= 11 is 1.32. The molecule has 4 rings (SSSR count). The van der Waals surface area contributed by atoms with E-state index in [1.54, 1.807) is 63.4 Å². The zero-order valence-electron chi connectivity index (χ0n) is 26.6. The lowest BCUT2D eigenvalue weighted by Crippen LogP contribution is -2.33. The van der Waals surface area contributed by atoms with Crippen molar-refractivity contribution in [3.8, 4) is 17.2 Å². The van der Waals surface area contributed by atoms with Crippen LogP contribution in [0.25, 0.3) is 0 Å². The number of nitrogens with zero attached hydrogens (tertiary/aromatic N) is 1. The molecule has 46 heavy (non-hydrogen) atoms. The molecular weight excluding hydrogens is 606 g/mol. The molecular formula is C35H37N3O7S. The Morgan fingerprint density at radius 3 is 2.35 bits per heavy atom. The Bertz CT molecular complexity index is 1710. The van der Waals surface area contributed by atoms with Crippen LogP contribution < -0.4 is 25.0 Å². The van der Waals surface area contributed by atoms with Crippen LogP contribution in [0.4, 0.5) is 5.00 Å². The van der Waals surface area contributed by atoms with Crippen LogP contribution in [0, 0.1) is 20.8 Å². The largest absolute Gasteiger partial charge is 0.493 e. The first-order chi connectivity index (χ1) is 22.1. The van der Waals surface area contributed by atoms with Crippen LogP contribution in [0.3, 0.4) is 0 Å². The Morgan fingerprint density at radius 1 is 0.957 bits per heavy atom. The maximum absolute atomic E-state index is 12.9. The fourth-order valence-electron chi connectivity index (χ4n) is 4.27. The number of anilines is 1. The molecule has 0 saturated heterocycles. The van der Waals surface area contributed by atoms with Crippen LogP contribution in [0.1, 0.15) is 61.7 Å². The van der Waals surface area contributed by atoms with Gasteiger partial charge in [0.25, 0.3) is 11.8 Å². The van der Waals surface area contributed by atoms with Crippen molar-refractivity contribution in [2.45, 2.75) is 47.3 Å². The zero-order valence-corrected chi connectivity index (χ0v) is 27.4. The molecule has 1 unspecified atom stereocenters. The minimum Gasteiger partial charge on any atom is -0.493 e. The van der Waals surface area contributed by atoms with Crippen LogP contribution in [-0.4, -0.2) is 43.8 Å². The Balaban J connectivity index is 1.29. The minimum atomic E-state index is -0.867. The van der Waals surface area contributed by atoms with Crippen molar-refractivity contribution < 1.29 is 33.3 Å². The molecule has 2 amide bonds. The van der Waals surface area contributed by atoms with Gasteiger partial charge in [-0.3, -0.25) is 9.59 Å². The fraction of sp³-hybridized carbons (Fsp3) is 0.257. The van der Waals surface area contributed by atoms with Gasteiger partial charge in [0.2, 0.25) is 0 Å². The molecule has 0 aliphatic carbocycles. The minimum absolute atomic E-state index is 0.236. The van der Waals surface area contributed by atoms with Gasteiger partial charge in [0.15, 0.2) is 17.6 Å². The number of methoxy groups -OCH3 is 1. The van der Waals surface area contributed by atoms with E-state index in [-0.39, 0.29) is 12.5 Å². The van der Waals surface area contributed by atoms with Gasteiger partial charge in [-0.05, 0) is 93.8 Å².